The summed E-state index contributed by atoms with van der Waals surface area (Å²) in [7, 11) is 5.98. The molecule has 0 amide bonds. The monoisotopic (exact) mass is 302 g/mol. The van der Waals surface area contributed by atoms with Crippen molar-refractivity contribution in [2.24, 2.45) is 0 Å². The van der Waals surface area contributed by atoms with Crippen molar-refractivity contribution in [3.05, 3.63) is 0 Å². The summed E-state index contributed by atoms with van der Waals surface area (Å²) in [5.41, 5.74) is 0. The zero-order valence-electron chi connectivity index (χ0n) is 12.1. The van der Waals surface area contributed by atoms with Crippen LogP contribution in [0.4, 0.5) is 0 Å². The minimum absolute atomic E-state index is 0. The highest BCUT2D eigenvalue weighted by Gasteiger charge is 2.36. The molecule has 0 atom stereocenters. The van der Waals surface area contributed by atoms with Gasteiger partial charge in [0.05, 0.1) is 51.1 Å². The summed E-state index contributed by atoms with van der Waals surface area (Å²) < 4.78 is 21.0. The van der Waals surface area contributed by atoms with Gasteiger partial charge in [-0.15, -0.1) is 0 Å². The van der Waals surface area contributed by atoms with E-state index < -0.39 is 7.26 Å². The Labute approximate surface area is 118 Å². The van der Waals surface area contributed by atoms with E-state index in [1.807, 2.05) is 0 Å². The fourth-order valence-corrected chi connectivity index (χ4v) is 5.43. The smallest absolute Gasteiger partial charge is 0.0830 e. The maximum absolute atomic E-state index is 5.24. The topological polar surface area (TPSA) is 36.9 Å². The molecule has 0 unspecified atom stereocenters. The van der Waals surface area contributed by atoms with Gasteiger partial charge in [0.25, 0.3) is 0 Å². The predicted octanol–water partition coefficient (Wildman–Crippen LogP) is -1.41. The fourth-order valence-electron chi connectivity index (χ4n) is 1.81. The lowest BCUT2D eigenvalue weighted by Crippen LogP contribution is -3.00. The van der Waals surface area contributed by atoms with E-state index in [1.165, 1.54) is 0 Å². The predicted molar refractivity (Wildman–Crippen MR) is 73.9 cm³/mol. The van der Waals surface area contributed by atoms with E-state index in [1.54, 1.807) is 28.4 Å². The van der Waals surface area contributed by atoms with Crippen LogP contribution < -0.4 is 12.4 Å². The Bertz CT molecular complexity index is 135. The van der Waals surface area contributed by atoms with Crippen LogP contribution in [-0.2, 0) is 18.9 Å². The summed E-state index contributed by atoms with van der Waals surface area (Å²) in [4.78, 5) is 0. The minimum Gasteiger partial charge on any atom is -1.00 e. The van der Waals surface area contributed by atoms with E-state index in [0.717, 1.165) is 51.1 Å². The third kappa shape index (κ3) is 9.48. The molecule has 0 spiro atoms. The van der Waals surface area contributed by atoms with Gasteiger partial charge < -0.3 is 31.4 Å². The second-order valence-electron chi connectivity index (χ2n) is 4.21. The van der Waals surface area contributed by atoms with E-state index in [4.69, 9.17) is 18.9 Å². The van der Waals surface area contributed by atoms with E-state index in [2.05, 4.69) is 0 Å². The number of rotatable bonds is 12. The Morgan fingerprint density at radius 2 is 0.778 bits per heavy atom. The average molecular weight is 303 g/mol. The summed E-state index contributed by atoms with van der Waals surface area (Å²) in [6, 6.07) is 0. The second kappa shape index (κ2) is 14.0. The third-order valence-electron chi connectivity index (χ3n) is 3.08. The first-order valence-electron chi connectivity index (χ1n) is 6.05. The molecule has 0 aliphatic carbocycles. The molecular formula is C12H28ClO4P. The van der Waals surface area contributed by atoms with Gasteiger partial charge in [0.1, 0.15) is 0 Å². The molecule has 0 aromatic heterocycles. The van der Waals surface area contributed by atoms with Gasteiger partial charge in [-0.25, -0.2) is 0 Å². The molecule has 0 aromatic rings. The standard InChI is InChI=1S/C12H28O4P.ClH/c1-13-5-9-17(10-6-14-2,11-7-15-3)12-8-16-4;/h5-12H2,1-4H3;1H/q+1;/p-1. The minimum atomic E-state index is -1.06. The molecule has 0 fully saturated rings. The molecule has 0 saturated heterocycles. The average Bonchev–Trinajstić information content (AvgIpc) is 2.37. The largest absolute Gasteiger partial charge is 1.00 e. The molecule has 4 nitrogen and oxygen atoms in total. The number of hydrogen-bond acceptors (Lipinski definition) is 4. The lowest BCUT2D eigenvalue weighted by molar-refractivity contribution is -0.00000550. The first-order chi connectivity index (χ1) is 8.24. The van der Waals surface area contributed by atoms with E-state index in [9.17, 15) is 0 Å². The van der Waals surface area contributed by atoms with Crippen LogP contribution in [0.1, 0.15) is 0 Å². The van der Waals surface area contributed by atoms with Crippen LogP contribution in [0.25, 0.3) is 0 Å². The first-order valence-corrected chi connectivity index (χ1v) is 8.58. The fraction of sp³-hybridized carbons (Fsp3) is 1.00. The van der Waals surface area contributed by atoms with Crippen LogP contribution in [0.15, 0.2) is 0 Å². The lowest BCUT2D eigenvalue weighted by atomic mass is 10.8. The molecule has 0 aliphatic heterocycles. The van der Waals surface area contributed by atoms with Crippen molar-refractivity contribution < 1.29 is 31.4 Å². The second-order valence-corrected chi connectivity index (χ2v) is 8.68. The Morgan fingerprint density at radius 1 is 0.556 bits per heavy atom. The molecule has 0 N–H and O–H groups in total. The first kappa shape index (κ1) is 20.9. The molecule has 0 saturated carbocycles. The van der Waals surface area contributed by atoms with Crippen molar-refractivity contribution in [1.82, 2.24) is 0 Å². The quantitative estimate of drug-likeness (QED) is 0.415. The SMILES string of the molecule is COCC[P+](CCOC)(CCOC)CCOC.[Cl-]. The molecule has 0 aromatic carbocycles. The number of halogens is 1. The van der Waals surface area contributed by atoms with Gasteiger partial charge in [0, 0.05) is 35.7 Å². The maximum Gasteiger partial charge on any atom is 0.0830 e. The molecule has 112 valence electrons. The van der Waals surface area contributed by atoms with Gasteiger partial charge in [-0.3, -0.25) is 0 Å². The summed E-state index contributed by atoms with van der Waals surface area (Å²) in [6.45, 7) is 3.30. The van der Waals surface area contributed by atoms with Gasteiger partial charge in [0.2, 0.25) is 0 Å². The van der Waals surface area contributed by atoms with Crippen LogP contribution in [0, 0.1) is 0 Å². The summed E-state index contributed by atoms with van der Waals surface area (Å²) in [5.74, 6) is 0. The van der Waals surface area contributed by atoms with Crippen LogP contribution in [0.5, 0.6) is 0 Å². The normalized spacial score (nSPS) is 11.3. The van der Waals surface area contributed by atoms with Gasteiger partial charge in [-0.2, -0.15) is 0 Å². The zero-order valence-corrected chi connectivity index (χ0v) is 13.8. The number of methoxy groups -OCH3 is 4. The van der Waals surface area contributed by atoms with Crippen LogP contribution in [0.3, 0.4) is 0 Å². The van der Waals surface area contributed by atoms with Gasteiger partial charge >= 0.3 is 0 Å². The Hall–Kier alpha value is 0.560. The molecule has 0 heterocycles. The summed E-state index contributed by atoms with van der Waals surface area (Å²) in [6.07, 6.45) is 4.55. The van der Waals surface area contributed by atoms with Crippen molar-refractivity contribution in [3.63, 3.8) is 0 Å². The van der Waals surface area contributed by atoms with E-state index >= 15 is 0 Å². The Kier molecular flexibility index (Phi) is 16.2. The van der Waals surface area contributed by atoms with Crippen LogP contribution in [-0.4, -0.2) is 79.5 Å². The molecule has 0 bridgehead atoms. The van der Waals surface area contributed by atoms with E-state index in [-0.39, 0.29) is 12.4 Å². The van der Waals surface area contributed by atoms with Crippen molar-refractivity contribution in [2.75, 3.05) is 79.5 Å². The molecule has 0 rings (SSSR count). The highest BCUT2D eigenvalue weighted by atomic mass is 35.5. The van der Waals surface area contributed by atoms with Crippen LogP contribution >= 0.6 is 7.26 Å². The molecule has 0 aliphatic rings. The Balaban J connectivity index is 0. The highest BCUT2D eigenvalue weighted by molar-refractivity contribution is 7.76. The molecular weight excluding hydrogens is 275 g/mol. The molecule has 6 heteroatoms. The van der Waals surface area contributed by atoms with Gasteiger partial charge in [-0.05, 0) is 0 Å². The van der Waals surface area contributed by atoms with Crippen LogP contribution in [0.2, 0.25) is 0 Å². The zero-order chi connectivity index (χ0) is 13.0. The van der Waals surface area contributed by atoms with Gasteiger partial charge in [-0.1, -0.05) is 0 Å². The Morgan fingerprint density at radius 3 is 0.944 bits per heavy atom. The lowest BCUT2D eigenvalue weighted by Gasteiger charge is -2.27. The molecule has 18 heavy (non-hydrogen) atoms. The summed E-state index contributed by atoms with van der Waals surface area (Å²) in [5, 5.41) is 0. The van der Waals surface area contributed by atoms with Gasteiger partial charge in [0.15, 0.2) is 0 Å². The van der Waals surface area contributed by atoms with Crippen molar-refractivity contribution in [3.8, 4) is 0 Å². The van der Waals surface area contributed by atoms with Crippen molar-refractivity contribution in [2.45, 2.75) is 0 Å². The van der Waals surface area contributed by atoms with Crippen molar-refractivity contribution >= 4 is 7.26 Å². The number of ether oxygens (including phenoxy) is 4. The molecule has 0 radical (unpaired) electrons. The maximum atomic E-state index is 5.24. The van der Waals surface area contributed by atoms with Crippen molar-refractivity contribution in [1.29, 1.82) is 0 Å². The van der Waals surface area contributed by atoms with E-state index in [0.29, 0.717) is 0 Å². The highest BCUT2D eigenvalue weighted by Crippen LogP contribution is 2.57. The number of hydrogen-bond donors (Lipinski definition) is 0. The third-order valence-corrected chi connectivity index (χ3v) is 7.60. The summed E-state index contributed by atoms with van der Waals surface area (Å²) >= 11 is 0.